The number of hydrogen-bond donors (Lipinski definition) is 1. The van der Waals surface area contributed by atoms with Crippen LogP contribution in [-0.2, 0) is 0 Å². The molecule has 1 aromatic carbocycles. The highest BCUT2D eigenvalue weighted by Crippen LogP contribution is 2.25. The third-order valence-electron chi connectivity index (χ3n) is 4.88. The third-order valence-corrected chi connectivity index (χ3v) is 5.80. The zero-order valence-corrected chi connectivity index (χ0v) is 16.7. The topological polar surface area (TPSA) is 96.0 Å². The number of furan rings is 1. The van der Waals surface area contributed by atoms with Gasteiger partial charge in [-0.15, -0.1) is 5.10 Å². The molecule has 0 unspecified atom stereocenters. The summed E-state index contributed by atoms with van der Waals surface area (Å²) < 4.78 is 6.65. The first-order valence-corrected chi connectivity index (χ1v) is 10.3. The Balaban J connectivity index is 1.30. The molecule has 1 saturated heterocycles. The van der Waals surface area contributed by atoms with Gasteiger partial charge >= 0.3 is 6.03 Å². The first kappa shape index (κ1) is 18.4. The van der Waals surface area contributed by atoms with Crippen molar-refractivity contribution in [2.75, 3.05) is 36.4 Å². The lowest BCUT2D eigenvalue weighted by Crippen LogP contribution is -2.50. The van der Waals surface area contributed by atoms with Gasteiger partial charge in [0.25, 0.3) is 5.56 Å². The number of carbonyl (C=O) groups excluding carboxylic acids is 1. The molecule has 4 aromatic rings. The van der Waals surface area contributed by atoms with E-state index in [1.165, 1.54) is 21.9 Å². The van der Waals surface area contributed by atoms with Crippen LogP contribution in [0.1, 0.15) is 0 Å². The van der Waals surface area contributed by atoms with Crippen LogP contribution in [0.3, 0.4) is 0 Å². The average Bonchev–Trinajstić information content (AvgIpc) is 3.44. The van der Waals surface area contributed by atoms with E-state index < -0.39 is 0 Å². The number of fused-ring (bicyclic) bond motifs is 1. The van der Waals surface area contributed by atoms with Gasteiger partial charge in [0.1, 0.15) is 5.82 Å². The van der Waals surface area contributed by atoms with Crippen LogP contribution in [0.5, 0.6) is 0 Å². The van der Waals surface area contributed by atoms with Crippen molar-refractivity contribution in [3.05, 3.63) is 65.1 Å². The molecule has 1 N–H and O–H groups in total. The molecule has 0 aliphatic carbocycles. The molecule has 3 aromatic heterocycles. The second-order valence-corrected chi connectivity index (χ2v) is 7.76. The Hall–Kier alpha value is -3.66. The van der Waals surface area contributed by atoms with E-state index in [4.69, 9.17) is 4.42 Å². The van der Waals surface area contributed by atoms with E-state index in [1.54, 1.807) is 23.3 Å². The summed E-state index contributed by atoms with van der Waals surface area (Å²) in [4.78, 5) is 33.9. The van der Waals surface area contributed by atoms with Crippen LogP contribution in [0.2, 0.25) is 0 Å². The Labute approximate surface area is 175 Å². The van der Waals surface area contributed by atoms with E-state index in [9.17, 15) is 9.59 Å². The van der Waals surface area contributed by atoms with Gasteiger partial charge in [0.15, 0.2) is 10.8 Å². The first-order chi connectivity index (χ1) is 14.7. The van der Waals surface area contributed by atoms with Gasteiger partial charge in [-0.25, -0.2) is 9.78 Å². The van der Waals surface area contributed by atoms with Crippen LogP contribution in [0, 0.1) is 0 Å². The zero-order valence-electron chi connectivity index (χ0n) is 15.9. The molecule has 0 atom stereocenters. The highest BCUT2D eigenvalue weighted by Gasteiger charge is 2.23. The van der Waals surface area contributed by atoms with Crippen molar-refractivity contribution in [2.45, 2.75) is 0 Å². The summed E-state index contributed by atoms with van der Waals surface area (Å²) in [6, 6.07) is 14.3. The second kappa shape index (κ2) is 7.64. The molecule has 1 fully saturated rings. The Morgan fingerprint density at radius 3 is 2.60 bits per heavy atom. The number of hydrogen-bond acceptors (Lipinski definition) is 7. The molecular formula is C20H18N6O3S. The molecule has 10 heteroatoms. The highest BCUT2D eigenvalue weighted by molar-refractivity contribution is 7.19. The van der Waals surface area contributed by atoms with Crippen molar-refractivity contribution >= 4 is 33.8 Å². The number of urea groups is 1. The number of rotatable bonds is 3. The van der Waals surface area contributed by atoms with Crippen molar-refractivity contribution in [1.29, 1.82) is 0 Å². The maximum Gasteiger partial charge on any atom is 0.321 e. The lowest BCUT2D eigenvalue weighted by Gasteiger charge is -2.35. The molecular weight excluding hydrogens is 404 g/mol. The number of amides is 2. The van der Waals surface area contributed by atoms with Gasteiger partial charge < -0.3 is 19.5 Å². The summed E-state index contributed by atoms with van der Waals surface area (Å²) in [5, 5.41) is 7.80. The van der Waals surface area contributed by atoms with Crippen LogP contribution in [0.25, 0.3) is 15.7 Å². The van der Waals surface area contributed by atoms with Crippen molar-refractivity contribution in [3.8, 4) is 10.8 Å². The highest BCUT2D eigenvalue weighted by atomic mass is 32.1. The summed E-state index contributed by atoms with van der Waals surface area (Å²) >= 11 is 1.30. The predicted molar refractivity (Wildman–Crippen MR) is 114 cm³/mol. The SMILES string of the molecule is O=C(Nc1ccccc1)N1CCN(c2cc(=O)n3nc(-c4ccco4)sc3n2)CC1. The van der Waals surface area contributed by atoms with Crippen molar-refractivity contribution in [2.24, 2.45) is 0 Å². The van der Waals surface area contributed by atoms with E-state index >= 15 is 0 Å². The summed E-state index contributed by atoms with van der Waals surface area (Å²) in [7, 11) is 0. The van der Waals surface area contributed by atoms with Crippen LogP contribution in [-0.4, -0.2) is 51.7 Å². The Morgan fingerprint density at radius 1 is 1.07 bits per heavy atom. The van der Waals surface area contributed by atoms with Gasteiger partial charge in [0, 0.05) is 37.9 Å². The lowest BCUT2D eigenvalue weighted by atomic mass is 10.3. The number of piperazine rings is 1. The minimum absolute atomic E-state index is 0.130. The molecule has 1 aliphatic heterocycles. The van der Waals surface area contributed by atoms with Gasteiger partial charge in [-0.05, 0) is 24.3 Å². The summed E-state index contributed by atoms with van der Waals surface area (Å²) in [6.45, 7) is 2.27. The largest absolute Gasteiger partial charge is 0.462 e. The number of nitrogens with one attached hydrogen (secondary N) is 1. The molecule has 152 valence electrons. The fourth-order valence-electron chi connectivity index (χ4n) is 3.32. The number of anilines is 2. The summed E-state index contributed by atoms with van der Waals surface area (Å²) in [5.41, 5.74) is 0.524. The number of aromatic nitrogens is 3. The molecule has 0 spiro atoms. The summed E-state index contributed by atoms with van der Waals surface area (Å²) in [6.07, 6.45) is 1.57. The number of carbonyl (C=O) groups is 1. The summed E-state index contributed by atoms with van der Waals surface area (Å²) in [5.74, 6) is 1.20. The van der Waals surface area contributed by atoms with Crippen molar-refractivity contribution in [3.63, 3.8) is 0 Å². The normalized spacial score (nSPS) is 14.3. The molecule has 0 saturated carbocycles. The van der Waals surface area contributed by atoms with Gasteiger partial charge in [-0.1, -0.05) is 29.5 Å². The average molecular weight is 422 g/mol. The maximum atomic E-state index is 12.5. The van der Waals surface area contributed by atoms with E-state index in [0.29, 0.717) is 47.7 Å². The van der Waals surface area contributed by atoms with Gasteiger partial charge in [0.05, 0.1) is 6.26 Å². The Morgan fingerprint density at radius 2 is 1.87 bits per heavy atom. The molecule has 30 heavy (non-hydrogen) atoms. The minimum Gasteiger partial charge on any atom is -0.462 e. The van der Waals surface area contributed by atoms with E-state index in [1.807, 2.05) is 35.2 Å². The second-order valence-electron chi connectivity index (χ2n) is 6.80. The van der Waals surface area contributed by atoms with Crippen LogP contribution in [0.15, 0.2) is 64.0 Å². The molecule has 9 nitrogen and oxygen atoms in total. The molecule has 5 rings (SSSR count). The van der Waals surface area contributed by atoms with E-state index in [2.05, 4.69) is 15.4 Å². The fraction of sp³-hybridized carbons (Fsp3) is 0.200. The molecule has 4 heterocycles. The first-order valence-electron chi connectivity index (χ1n) is 9.48. The Bertz CT molecular complexity index is 1230. The number of nitrogens with zero attached hydrogens (tertiary/aromatic N) is 5. The quantitative estimate of drug-likeness (QED) is 0.545. The zero-order chi connectivity index (χ0) is 20.5. The number of para-hydroxylation sites is 1. The van der Waals surface area contributed by atoms with Crippen LogP contribution in [0.4, 0.5) is 16.3 Å². The van der Waals surface area contributed by atoms with Crippen LogP contribution >= 0.6 is 11.3 Å². The number of benzene rings is 1. The molecule has 1 aliphatic rings. The standard InChI is InChI=1S/C20H18N6O3S/c27-17-13-16(22-20-26(17)23-18(30-20)15-7-4-12-29-15)24-8-10-25(11-9-24)19(28)21-14-5-2-1-3-6-14/h1-7,12-13H,8-11H2,(H,21,28). The van der Waals surface area contributed by atoms with Crippen molar-refractivity contribution in [1.82, 2.24) is 19.5 Å². The molecule has 2 amide bonds. The third kappa shape index (κ3) is 3.52. The van der Waals surface area contributed by atoms with E-state index in [0.717, 1.165) is 5.69 Å². The van der Waals surface area contributed by atoms with Crippen LogP contribution < -0.4 is 15.8 Å². The minimum atomic E-state index is -0.242. The fourth-order valence-corrected chi connectivity index (χ4v) is 4.19. The Kier molecular flexibility index (Phi) is 4.68. The van der Waals surface area contributed by atoms with Gasteiger partial charge in [-0.2, -0.15) is 4.52 Å². The van der Waals surface area contributed by atoms with Gasteiger partial charge in [-0.3, -0.25) is 4.79 Å². The lowest BCUT2D eigenvalue weighted by molar-refractivity contribution is 0.208. The maximum absolute atomic E-state index is 12.5. The predicted octanol–water partition coefficient (Wildman–Crippen LogP) is 2.77. The molecule has 0 bridgehead atoms. The monoisotopic (exact) mass is 422 g/mol. The molecule has 0 radical (unpaired) electrons. The van der Waals surface area contributed by atoms with Crippen molar-refractivity contribution < 1.29 is 9.21 Å². The van der Waals surface area contributed by atoms with Gasteiger partial charge in [0.2, 0.25) is 4.96 Å². The van der Waals surface area contributed by atoms with E-state index in [-0.39, 0.29) is 11.6 Å². The smallest absolute Gasteiger partial charge is 0.321 e.